The van der Waals surface area contributed by atoms with Gasteiger partial charge >= 0.3 is 0 Å². The molecule has 1 heterocycles. The average Bonchev–Trinajstić information content (AvgIpc) is 2.60. The predicted molar refractivity (Wildman–Crippen MR) is 93.6 cm³/mol. The van der Waals surface area contributed by atoms with Gasteiger partial charge in [0.05, 0.1) is 25.0 Å². The third kappa shape index (κ3) is 5.80. The molecule has 0 saturated heterocycles. The molecule has 2 rings (SSSR count). The van der Waals surface area contributed by atoms with Crippen molar-refractivity contribution < 1.29 is 19.1 Å². The minimum Gasteiger partial charge on any atom is -0.497 e. The lowest BCUT2D eigenvalue weighted by Crippen LogP contribution is -2.31. The average molecular weight is 343 g/mol. The lowest BCUT2D eigenvalue weighted by atomic mass is 10.1. The zero-order valence-electron chi connectivity index (χ0n) is 14.4. The van der Waals surface area contributed by atoms with Gasteiger partial charge in [0.2, 0.25) is 11.8 Å². The number of benzene rings is 1. The van der Waals surface area contributed by atoms with E-state index >= 15 is 0 Å². The van der Waals surface area contributed by atoms with Crippen molar-refractivity contribution >= 4 is 17.5 Å². The van der Waals surface area contributed by atoms with E-state index in [0.717, 1.165) is 11.3 Å². The van der Waals surface area contributed by atoms with Crippen LogP contribution in [0.3, 0.4) is 0 Å². The zero-order chi connectivity index (χ0) is 18.2. The van der Waals surface area contributed by atoms with Crippen molar-refractivity contribution in [1.29, 1.82) is 0 Å². The van der Waals surface area contributed by atoms with Crippen molar-refractivity contribution in [2.75, 3.05) is 19.0 Å². The van der Waals surface area contributed by atoms with Gasteiger partial charge in [0.1, 0.15) is 5.75 Å². The third-order valence-corrected chi connectivity index (χ3v) is 3.38. The topological polar surface area (TPSA) is 89.5 Å². The Morgan fingerprint density at radius 2 is 2.04 bits per heavy atom. The van der Waals surface area contributed by atoms with Crippen LogP contribution in [0.4, 0.5) is 5.69 Å². The van der Waals surface area contributed by atoms with E-state index in [2.05, 4.69) is 15.6 Å². The third-order valence-electron chi connectivity index (χ3n) is 3.38. The number of ether oxygens (including phenoxy) is 2. The Labute approximate surface area is 146 Å². The predicted octanol–water partition coefficient (Wildman–Crippen LogP) is 2.30. The second-order valence-electron chi connectivity index (χ2n) is 5.42. The first-order valence-electron chi connectivity index (χ1n) is 7.77. The standard InChI is InChI=1S/C18H21N3O4/c1-12(14-5-4-6-16(9-14)24-3)20-17(23)11-25-18-8-7-15(10-19-18)21-13(2)22/h4-10,12H,11H2,1-3H3,(H,20,23)(H,21,22)/t12-/m0/s1. The van der Waals surface area contributed by atoms with Crippen molar-refractivity contribution in [3.63, 3.8) is 0 Å². The number of carbonyl (C=O) groups is 2. The summed E-state index contributed by atoms with van der Waals surface area (Å²) < 4.78 is 10.5. The molecule has 1 aromatic carbocycles. The minimum absolute atomic E-state index is 0.152. The van der Waals surface area contributed by atoms with Gasteiger partial charge in [-0.2, -0.15) is 0 Å². The summed E-state index contributed by atoms with van der Waals surface area (Å²) in [6.07, 6.45) is 1.47. The first-order chi connectivity index (χ1) is 12.0. The lowest BCUT2D eigenvalue weighted by Gasteiger charge is -2.15. The van der Waals surface area contributed by atoms with E-state index in [0.29, 0.717) is 11.6 Å². The molecule has 0 aliphatic carbocycles. The number of anilines is 1. The van der Waals surface area contributed by atoms with E-state index in [9.17, 15) is 9.59 Å². The number of carbonyl (C=O) groups excluding carboxylic acids is 2. The number of nitrogens with one attached hydrogen (secondary N) is 2. The number of amides is 2. The molecule has 2 aromatic rings. The number of rotatable bonds is 7. The van der Waals surface area contributed by atoms with Crippen LogP contribution in [0.15, 0.2) is 42.6 Å². The number of nitrogens with zero attached hydrogens (tertiary/aromatic N) is 1. The molecule has 2 N–H and O–H groups in total. The fraction of sp³-hybridized carbons (Fsp3) is 0.278. The maximum absolute atomic E-state index is 12.0. The highest BCUT2D eigenvalue weighted by atomic mass is 16.5. The Morgan fingerprint density at radius 3 is 2.68 bits per heavy atom. The largest absolute Gasteiger partial charge is 0.497 e. The number of hydrogen-bond donors (Lipinski definition) is 2. The van der Waals surface area contributed by atoms with Crippen LogP contribution >= 0.6 is 0 Å². The molecular weight excluding hydrogens is 322 g/mol. The van der Waals surface area contributed by atoms with Crippen molar-refractivity contribution in [2.45, 2.75) is 19.9 Å². The van der Waals surface area contributed by atoms with E-state index in [4.69, 9.17) is 9.47 Å². The number of pyridine rings is 1. The van der Waals surface area contributed by atoms with Gasteiger partial charge in [-0.25, -0.2) is 4.98 Å². The summed E-state index contributed by atoms with van der Waals surface area (Å²) >= 11 is 0. The Bertz CT molecular complexity index is 731. The highest BCUT2D eigenvalue weighted by Crippen LogP contribution is 2.18. The molecule has 0 bridgehead atoms. The van der Waals surface area contributed by atoms with Gasteiger partial charge in [0, 0.05) is 13.0 Å². The normalized spacial score (nSPS) is 11.3. The smallest absolute Gasteiger partial charge is 0.258 e. The van der Waals surface area contributed by atoms with Gasteiger partial charge in [-0.05, 0) is 30.7 Å². The molecule has 25 heavy (non-hydrogen) atoms. The molecule has 0 fully saturated rings. The van der Waals surface area contributed by atoms with Crippen LogP contribution in [0.25, 0.3) is 0 Å². The summed E-state index contributed by atoms with van der Waals surface area (Å²) in [7, 11) is 1.60. The highest BCUT2D eigenvalue weighted by Gasteiger charge is 2.11. The van der Waals surface area contributed by atoms with Crippen LogP contribution in [-0.4, -0.2) is 30.5 Å². The summed E-state index contributed by atoms with van der Waals surface area (Å²) in [5, 5.41) is 5.45. The molecule has 7 heteroatoms. The van der Waals surface area contributed by atoms with Crippen molar-refractivity contribution in [3.8, 4) is 11.6 Å². The second kappa shape index (κ2) is 8.68. The fourth-order valence-electron chi connectivity index (χ4n) is 2.16. The molecule has 0 unspecified atom stereocenters. The first kappa shape index (κ1) is 18.3. The molecule has 1 atom stereocenters. The van der Waals surface area contributed by atoms with Gasteiger partial charge in [-0.1, -0.05) is 12.1 Å². The van der Waals surface area contributed by atoms with E-state index < -0.39 is 0 Å². The molecule has 0 aliphatic heterocycles. The molecule has 7 nitrogen and oxygen atoms in total. The fourth-order valence-corrected chi connectivity index (χ4v) is 2.16. The zero-order valence-corrected chi connectivity index (χ0v) is 14.4. The van der Waals surface area contributed by atoms with Gasteiger partial charge in [-0.3, -0.25) is 9.59 Å². The Hall–Kier alpha value is -3.09. The molecule has 0 spiro atoms. The van der Waals surface area contributed by atoms with E-state index in [1.54, 1.807) is 19.2 Å². The maximum atomic E-state index is 12.0. The van der Waals surface area contributed by atoms with Crippen molar-refractivity contribution in [3.05, 3.63) is 48.2 Å². The van der Waals surface area contributed by atoms with Crippen LogP contribution in [-0.2, 0) is 9.59 Å². The van der Waals surface area contributed by atoms with Crippen molar-refractivity contribution in [1.82, 2.24) is 10.3 Å². The van der Waals surface area contributed by atoms with Crippen molar-refractivity contribution in [2.24, 2.45) is 0 Å². The maximum Gasteiger partial charge on any atom is 0.258 e. The summed E-state index contributed by atoms with van der Waals surface area (Å²) in [5.74, 6) is 0.598. The minimum atomic E-state index is -0.261. The summed E-state index contributed by atoms with van der Waals surface area (Å²) in [6.45, 7) is 3.15. The van der Waals surface area contributed by atoms with Gasteiger partial charge in [0.25, 0.3) is 5.91 Å². The van der Waals surface area contributed by atoms with Crippen LogP contribution < -0.4 is 20.1 Å². The number of methoxy groups -OCH3 is 1. The molecule has 0 aliphatic rings. The number of aromatic nitrogens is 1. The Morgan fingerprint density at radius 1 is 1.24 bits per heavy atom. The monoisotopic (exact) mass is 343 g/mol. The van der Waals surface area contributed by atoms with Crippen LogP contribution in [0.1, 0.15) is 25.5 Å². The summed E-state index contributed by atoms with van der Waals surface area (Å²) in [5.41, 5.74) is 1.50. The molecular formula is C18H21N3O4. The first-order valence-corrected chi connectivity index (χ1v) is 7.77. The number of hydrogen-bond acceptors (Lipinski definition) is 5. The Balaban J connectivity index is 1.84. The van der Waals surface area contributed by atoms with Gasteiger partial charge in [0.15, 0.2) is 6.61 Å². The Kier molecular flexibility index (Phi) is 6.33. The summed E-state index contributed by atoms with van der Waals surface area (Å²) in [4.78, 5) is 27.0. The lowest BCUT2D eigenvalue weighted by molar-refractivity contribution is -0.123. The van der Waals surface area contributed by atoms with Crippen LogP contribution in [0, 0.1) is 0 Å². The van der Waals surface area contributed by atoms with Crippen LogP contribution in [0.5, 0.6) is 11.6 Å². The molecule has 132 valence electrons. The second-order valence-corrected chi connectivity index (χ2v) is 5.42. The SMILES string of the molecule is COc1cccc([C@H](C)NC(=O)COc2ccc(NC(C)=O)cn2)c1. The summed E-state index contributed by atoms with van der Waals surface area (Å²) in [6, 6.07) is 10.6. The van der Waals surface area contributed by atoms with E-state index in [-0.39, 0.29) is 24.5 Å². The quantitative estimate of drug-likeness (QED) is 0.805. The van der Waals surface area contributed by atoms with Crippen LogP contribution in [0.2, 0.25) is 0 Å². The molecule has 0 radical (unpaired) electrons. The van der Waals surface area contributed by atoms with E-state index in [1.165, 1.54) is 13.1 Å². The van der Waals surface area contributed by atoms with Gasteiger partial charge < -0.3 is 20.1 Å². The molecule has 1 aromatic heterocycles. The highest BCUT2D eigenvalue weighted by molar-refractivity contribution is 5.88. The van der Waals surface area contributed by atoms with E-state index in [1.807, 2.05) is 31.2 Å². The molecule has 0 saturated carbocycles. The molecule has 2 amide bonds. The van der Waals surface area contributed by atoms with Gasteiger partial charge in [-0.15, -0.1) is 0 Å².